The summed E-state index contributed by atoms with van der Waals surface area (Å²) in [7, 11) is 0. The second-order valence-corrected chi connectivity index (χ2v) is 7.63. The highest BCUT2D eigenvalue weighted by Crippen LogP contribution is 2.56. The van der Waals surface area contributed by atoms with Gasteiger partial charge in [0.25, 0.3) is 0 Å². The van der Waals surface area contributed by atoms with Gasteiger partial charge in [-0.3, -0.25) is 14.4 Å². The van der Waals surface area contributed by atoms with E-state index in [-0.39, 0.29) is 17.5 Å². The number of Topliss-reactive ketones (excluding diaryl/α,β-unsaturated/α-hetero) is 2. The van der Waals surface area contributed by atoms with Gasteiger partial charge in [0.2, 0.25) is 5.91 Å². The highest BCUT2D eigenvalue weighted by atomic mass is 16.2. The summed E-state index contributed by atoms with van der Waals surface area (Å²) in [5, 5.41) is 6.31. The van der Waals surface area contributed by atoms with Gasteiger partial charge in [-0.1, -0.05) is 42.5 Å². The molecular formula is C23H16N2O3. The second-order valence-electron chi connectivity index (χ2n) is 7.63. The Labute approximate surface area is 161 Å². The largest absolute Gasteiger partial charge is 0.358 e. The van der Waals surface area contributed by atoms with E-state index in [0.29, 0.717) is 46.5 Å². The number of nitrogens with one attached hydrogen (secondary N) is 2. The molecule has 1 amide bonds. The zero-order valence-electron chi connectivity index (χ0n) is 15.0. The molecule has 1 spiro atoms. The van der Waals surface area contributed by atoms with Crippen LogP contribution in [-0.4, -0.2) is 17.5 Å². The number of ketones is 2. The van der Waals surface area contributed by atoms with E-state index in [1.807, 2.05) is 42.5 Å². The molecule has 1 unspecified atom stereocenters. The van der Waals surface area contributed by atoms with Crippen molar-refractivity contribution in [2.24, 2.45) is 0 Å². The van der Waals surface area contributed by atoms with Crippen molar-refractivity contribution in [2.75, 3.05) is 5.32 Å². The van der Waals surface area contributed by atoms with E-state index in [1.54, 1.807) is 6.07 Å². The van der Waals surface area contributed by atoms with Crippen molar-refractivity contribution in [1.82, 2.24) is 5.32 Å². The summed E-state index contributed by atoms with van der Waals surface area (Å²) >= 11 is 0. The highest BCUT2D eigenvalue weighted by molar-refractivity contribution is 6.31. The van der Waals surface area contributed by atoms with E-state index in [1.165, 1.54) is 0 Å². The number of fused-ring (bicyclic) bond motifs is 6. The summed E-state index contributed by atoms with van der Waals surface area (Å²) in [5.74, 6) is -0.558. The third kappa shape index (κ3) is 1.61. The van der Waals surface area contributed by atoms with Gasteiger partial charge in [0.15, 0.2) is 11.6 Å². The molecule has 4 aliphatic rings. The van der Waals surface area contributed by atoms with Crippen LogP contribution in [-0.2, 0) is 15.0 Å². The Hall–Kier alpha value is -3.47. The molecule has 0 saturated heterocycles. The lowest BCUT2D eigenvalue weighted by Crippen LogP contribution is -2.48. The fraction of sp³-hybridized carbons (Fsp3) is 0.174. The zero-order valence-corrected chi connectivity index (χ0v) is 15.0. The lowest BCUT2D eigenvalue weighted by atomic mass is 9.63. The minimum Gasteiger partial charge on any atom is -0.358 e. The molecule has 5 nitrogen and oxygen atoms in total. The molecule has 6 rings (SSSR count). The third-order valence-electron chi connectivity index (χ3n) is 6.28. The number of benzene rings is 2. The normalized spacial score (nSPS) is 24.6. The number of dihydropyridines is 1. The summed E-state index contributed by atoms with van der Waals surface area (Å²) < 4.78 is 0. The minimum absolute atomic E-state index is 0.0593. The van der Waals surface area contributed by atoms with Crippen LogP contribution in [0.15, 0.2) is 65.4 Å². The number of hydrogen-bond donors (Lipinski definition) is 2. The first-order valence-corrected chi connectivity index (χ1v) is 9.47. The first kappa shape index (κ1) is 15.6. The number of carbonyl (C=O) groups excluding carboxylic acids is 3. The van der Waals surface area contributed by atoms with Gasteiger partial charge in [-0.25, -0.2) is 0 Å². The maximum absolute atomic E-state index is 13.5. The Balaban J connectivity index is 1.75. The van der Waals surface area contributed by atoms with Crippen molar-refractivity contribution in [3.05, 3.63) is 82.1 Å². The van der Waals surface area contributed by atoms with Crippen LogP contribution in [0.2, 0.25) is 0 Å². The van der Waals surface area contributed by atoms with Gasteiger partial charge in [0.05, 0.1) is 5.70 Å². The molecule has 2 aliphatic heterocycles. The fourth-order valence-electron chi connectivity index (χ4n) is 5.20. The molecule has 1 atom stereocenters. The number of carbonyl (C=O) groups is 3. The van der Waals surface area contributed by atoms with Gasteiger partial charge in [-0.15, -0.1) is 0 Å². The van der Waals surface area contributed by atoms with Gasteiger partial charge in [0.1, 0.15) is 5.41 Å². The number of hydrogen-bond acceptors (Lipinski definition) is 4. The van der Waals surface area contributed by atoms with Crippen LogP contribution in [0.25, 0.3) is 5.70 Å². The van der Waals surface area contributed by atoms with Gasteiger partial charge >= 0.3 is 0 Å². The lowest BCUT2D eigenvalue weighted by Gasteiger charge is -2.39. The summed E-state index contributed by atoms with van der Waals surface area (Å²) in [6.45, 7) is 0. The summed E-state index contributed by atoms with van der Waals surface area (Å²) in [4.78, 5) is 40.2. The fourth-order valence-corrected chi connectivity index (χ4v) is 5.20. The number of rotatable bonds is 0. The van der Waals surface area contributed by atoms with Crippen LogP contribution >= 0.6 is 0 Å². The maximum atomic E-state index is 13.5. The lowest BCUT2D eigenvalue weighted by molar-refractivity contribution is -0.122. The van der Waals surface area contributed by atoms with Crippen molar-refractivity contribution >= 4 is 28.9 Å². The van der Waals surface area contributed by atoms with Crippen molar-refractivity contribution in [2.45, 2.75) is 24.7 Å². The summed E-state index contributed by atoms with van der Waals surface area (Å²) in [6, 6.07) is 14.8. The summed E-state index contributed by atoms with van der Waals surface area (Å²) in [5.41, 5.74) is 3.61. The molecule has 28 heavy (non-hydrogen) atoms. The average molecular weight is 368 g/mol. The van der Waals surface area contributed by atoms with Crippen LogP contribution < -0.4 is 10.6 Å². The van der Waals surface area contributed by atoms with E-state index in [9.17, 15) is 14.4 Å². The SMILES string of the molecule is O=C1CCCC2=C1C1(C(=O)Nc3ccccc31)C1=C(N2)c2ccccc2C1=O. The van der Waals surface area contributed by atoms with Crippen LogP contribution in [0.5, 0.6) is 0 Å². The van der Waals surface area contributed by atoms with Gasteiger partial charge < -0.3 is 10.6 Å². The molecule has 2 N–H and O–H groups in total. The van der Waals surface area contributed by atoms with Gasteiger partial charge in [-0.05, 0) is 18.9 Å². The molecule has 136 valence electrons. The smallest absolute Gasteiger partial charge is 0.244 e. The Bertz CT molecular complexity index is 1200. The van der Waals surface area contributed by atoms with E-state index >= 15 is 0 Å². The van der Waals surface area contributed by atoms with E-state index < -0.39 is 5.41 Å². The van der Waals surface area contributed by atoms with Crippen molar-refractivity contribution in [1.29, 1.82) is 0 Å². The third-order valence-corrected chi connectivity index (χ3v) is 6.28. The quantitative estimate of drug-likeness (QED) is 0.749. The van der Waals surface area contributed by atoms with E-state index in [4.69, 9.17) is 0 Å². The molecule has 0 fully saturated rings. The Kier molecular flexibility index (Phi) is 2.82. The molecule has 0 aromatic heterocycles. The molecular weight excluding hydrogens is 352 g/mol. The van der Waals surface area contributed by atoms with Crippen molar-refractivity contribution in [3.8, 4) is 0 Å². The van der Waals surface area contributed by atoms with E-state index in [0.717, 1.165) is 17.7 Å². The second kappa shape index (κ2) is 5.07. The molecule has 2 aromatic rings. The van der Waals surface area contributed by atoms with Crippen molar-refractivity contribution < 1.29 is 14.4 Å². The first-order valence-electron chi connectivity index (χ1n) is 9.47. The first-order chi connectivity index (χ1) is 13.6. The van der Waals surface area contributed by atoms with Crippen LogP contribution in [0.3, 0.4) is 0 Å². The zero-order chi connectivity index (χ0) is 19.0. The average Bonchev–Trinajstić information content (AvgIpc) is 3.15. The molecule has 0 bridgehead atoms. The van der Waals surface area contributed by atoms with Crippen LogP contribution in [0, 0.1) is 0 Å². The van der Waals surface area contributed by atoms with Crippen LogP contribution in [0.4, 0.5) is 5.69 Å². The highest BCUT2D eigenvalue weighted by Gasteiger charge is 2.61. The predicted molar refractivity (Wildman–Crippen MR) is 103 cm³/mol. The Morgan fingerprint density at radius 2 is 1.54 bits per heavy atom. The molecule has 0 radical (unpaired) electrons. The topological polar surface area (TPSA) is 75.3 Å². The molecule has 2 heterocycles. The Morgan fingerprint density at radius 3 is 2.39 bits per heavy atom. The van der Waals surface area contributed by atoms with Crippen LogP contribution in [0.1, 0.15) is 40.7 Å². The van der Waals surface area contributed by atoms with Gasteiger partial charge in [0, 0.05) is 45.6 Å². The number of anilines is 1. The number of amides is 1. The molecule has 5 heteroatoms. The Morgan fingerprint density at radius 1 is 0.786 bits per heavy atom. The van der Waals surface area contributed by atoms with E-state index in [2.05, 4.69) is 10.6 Å². The minimum atomic E-state index is -1.37. The molecule has 0 saturated carbocycles. The monoisotopic (exact) mass is 368 g/mol. The van der Waals surface area contributed by atoms with Gasteiger partial charge in [-0.2, -0.15) is 0 Å². The standard InChI is InChI=1S/C23H16N2O3/c26-17-11-5-10-16-18(17)23(14-8-3-4-9-15(14)25-22(23)28)19-20(24-16)12-6-1-2-7-13(12)21(19)27/h1-4,6-9,24H,5,10-11H2,(H,25,28). The molecule has 2 aliphatic carbocycles. The van der Waals surface area contributed by atoms with Crippen molar-refractivity contribution in [3.63, 3.8) is 0 Å². The number of allylic oxidation sites excluding steroid dienone is 1. The predicted octanol–water partition coefficient (Wildman–Crippen LogP) is 3.09. The number of para-hydroxylation sites is 1. The maximum Gasteiger partial charge on any atom is 0.244 e. The summed E-state index contributed by atoms with van der Waals surface area (Å²) in [6.07, 6.45) is 1.81. The molecule has 2 aromatic carbocycles.